The lowest BCUT2D eigenvalue weighted by molar-refractivity contribution is -0.110. The number of nitrogens with two attached hydrogens (primary N) is 1. The standard InChI is InChI=1S/C14H19N3O/c1-4-12(15)10(3)13(16)14(18)17-11-7-5-9(2)6-8-11/h5-8,16H,4,15H2,1-3H3,(H,17,18)/b12-10-,16-13?. The molecule has 4 nitrogen and oxygen atoms in total. The predicted octanol–water partition coefficient (Wildman–Crippen LogP) is 2.60. The first-order chi connectivity index (χ1) is 8.45. The van der Waals surface area contributed by atoms with Crippen molar-refractivity contribution in [3.05, 3.63) is 41.1 Å². The van der Waals surface area contributed by atoms with E-state index in [4.69, 9.17) is 11.1 Å². The monoisotopic (exact) mass is 245 g/mol. The highest BCUT2D eigenvalue weighted by molar-refractivity contribution is 6.47. The van der Waals surface area contributed by atoms with Crippen LogP contribution in [0.1, 0.15) is 25.8 Å². The minimum atomic E-state index is -0.437. The molecule has 1 aromatic rings. The molecular weight excluding hydrogens is 226 g/mol. The predicted molar refractivity (Wildman–Crippen MR) is 74.7 cm³/mol. The van der Waals surface area contributed by atoms with Crippen molar-refractivity contribution in [2.24, 2.45) is 5.73 Å². The lowest BCUT2D eigenvalue weighted by atomic mass is 10.1. The van der Waals surface area contributed by atoms with E-state index >= 15 is 0 Å². The number of rotatable bonds is 4. The Kier molecular flexibility index (Phi) is 4.66. The maximum atomic E-state index is 11.8. The van der Waals surface area contributed by atoms with Gasteiger partial charge in [0.2, 0.25) is 0 Å². The van der Waals surface area contributed by atoms with E-state index in [1.54, 1.807) is 6.92 Å². The number of anilines is 1. The van der Waals surface area contributed by atoms with Crippen molar-refractivity contribution in [1.29, 1.82) is 5.41 Å². The molecule has 0 unspecified atom stereocenters. The summed E-state index contributed by atoms with van der Waals surface area (Å²) in [7, 11) is 0. The second-order valence-electron chi connectivity index (χ2n) is 4.20. The third kappa shape index (κ3) is 3.45. The SMILES string of the molecule is CC/C(N)=C(\C)C(=N)C(=O)Nc1ccc(C)cc1. The summed E-state index contributed by atoms with van der Waals surface area (Å²) >= 11 is 0. The van der Waals surface area contributed by atoms with Crippen LogP contribution >= 0.6 is 0 Å². The summed E-state index contributed by atoms with van der Waals surface area (Å²) in [5.74, 6) is -0.437. The van der Waals surface area contributed by atoms with Crippen LogP contribution in [0.25, 0.3) is 0 Å². The average molecular weight is 245 g/mol. The second-order valence-corrected chi connectivity index (χ2v) is 4.20. The Balaban J connectivity index is 2.78. The van der Waals surface area contributed by atoms with Gasteiger partial charge in [-0.1, -0.05) is 24.6 Å². The summed E-state index contributed by atoms with van der Waals surface area (Å²) in [6.07, 6.45) is 0.631. The van der Waals surface area contributed by atoms with Crippen LogP contribution in [0.4, 0.5) is 5.69 Å². The van der Waals surface area contributed by atoms with Crippen molar-refractivity contribution in [2.75, 3.05) is 5.32 Å². The molecule has 18 heavy (non-hydrogen) atoms. The number of nitrogens with one attached hydrogen (secondary N) is 2. The molecule has 1 rings (SSSR count). The lowest BCUT2D eigenvalue weighted by Crippen LogP contribution is -2.24. The molecule has 0 bridgehead atoms. The zero-order valence-corrected chi connectivity index (χ0v) is 11.0. The number of benzene rings is 1. The summed E-state index contributed by atoms with van der Waals surface area (Å²) in [6, 6.07) is 7.43. The van der Waals surface area contributed by atoms with Gasteiger partial charge in [-0.25, -0.2) is 0 Å². The smallest absolute Gasteiger partial charge is 0.273 e. The zero-order chi connectivity index (χ0) is 13.7. The van der Waals surface area contributed by atoms with Crippen LogP contribution < -0.4 is 11.1 Å². The van der Waals surface area contributed by atoms with E-state index < -0.39 is 5.91 Å². The van der Waals surface area contributed by atoms with E-state index in [1.807, 2.05) is 38.1 Å². The first-order valence-corrected chi connectivity index (χ1v) is 5.87. The van der Waals surface area contributed by atoms with Gasteiger partial charge in [0.1, 0.15) is 5.71 Å². The van der Waals surface area contributed by atoms with Crippen molar-refractivity contribution in [3.8, 4) is 0 Å². The third-order valence-electron chi connectivity index (χ3n) is 2.77. The van der Waals surface area contributed by atoms with Crippen LogP contribution in [-0.2, 0) is 4.79 Å². The molecule has 0 aliphatic heterocycles. The van der Waals surface area contributed by atoms with Crippen molar-refractivity contribution >= 4 is 17.3 Å². The van der Waals surface area contributed by atoms with Crippen LogP contribution in [0, 0.1) is 12.3 Å². The first kappa shape index (κ1) is 14.0. The van der Waals surface area contributed by atoms with Crippen LogP contribution in [-0.4, -0.2) is 11.6 Å². The number of carbonyl (C=O) groups excluding carboxylic acids is 1. The van der Waals surface area contributed by atoms with Gasteiger partial charge in [-0.15, -0.1) is 0 Å². The van der Waals surface area contributed by atoms with Gasteiger partial charge < -0.3 is 11.1 Å². The number of hydrogen-bond acceptors (Lipinski definition) is 3. The highest BCUT2D eigenvalue weighted by atomic mass is 16.1. The second kappa shape index (κ2) is 6.00. The van der Waals surface area contributed by atoms with E-state index in [0.29, 0.717) is 23.4 Å². The zero-order valence-electron chi connectivity index (χ0n) is 11.0. The molecule has 1 amide bonds. The highest BCUT2D eigenvalue weighted by Gasteiger charge is 2.13. The van der Waals surface area contributed by atoms with Gasteiger partial charge in [-0.2, -0.15) is 0 Å². The number of allylic oxidation sites excluding steroid dienone is 1. The molecule has 0 heterocycles. The first-order valence-electron chi connectivity index (χ1n) is 5.87. The van der Waals surface area contributed by atoms with Crippen molar-refractivity contribution in [1.82, 2.24) is 0 Å². The van der Waals surface area contributed by atoms with Crippen LogP contribution in [0.5, 0.6) is 0 Å². The van der Waals surface area contributed by atoms with Gasteiger partial charge in [0, 0.05) is 11.4 Å². The van der Waals surface area contributed by atoms with Gasteiger partial charge in [0.15, 0.2) is 0 Å². The average Bonchev–Trinajstić information content (AvgIpc) is 2.38. The molecular formula is C14H19N3O. The Morgan fingerprint density at radius 1 is 1.33 bits per heavy atom. The van der Waals surface area contributed by atoms with E-state index in [0.717, 1.165) is 5.56 Å². The largest absolute Gasteiger partial charge is 0.402 e. The minimum Gasteiger partial charge on any atom is -0.402 e. The van der Waals surface area contributed by atoms with Gasteiger partial charge in [-0.05, 0) is 38.0 Å². The van der Waals surface area contributed by atoms with Crippen LogP contribution in [0.15, 0.2) is 35.5 Å². The van der Waals surface area contributed by atoms with Gasteiger partial charge in [0.05, 0.1) is 0 Å². The van der Waals surface area contributed by atoms with E-state index in [9.17, 15) is 4.79 Å². The van der Waals surface area contributed by atoms with Gasteiger partial charge >= 0.3 is 0 Å². The number of carbonyl (C=O) groups is 1. The Morgan fingerprint density at radius 3 is 2.39 bits per heavy atom. The molecule has 0 saturated heterocycles. The summed E-state index contributed by atoms with van der Waals surface area (Å²) in [6.45, 7) is 5.56. The van der Waals surface area contributed by atoms with Crippen LogP contribution in [0.2, 0.25) is 0 Å². The normalized spacial score (nSPS) is 11.7. The Labute approximate surface area is 107 Å². The van der Waals surface area contributed by atoms with Crippen LogP contribution in [0.3, 0.4) is 0 Å². The Morgan fingerprint density at radius 2 is 1.89 bits per heavy atom. The van der Waals surface area contributed by atoms with Gasteiger partial charge in [0.25, 0.3) is 5.91 Å². The van der Waals surface area contributed by atoms with Crippen molar-refractivity contribution in [3.63, 3.8) is 0 Å². The fraction of sp³-hybridized carbons (Fsp3) is 0.286. The number of amides is 1. The van der Waals surface area contributed by atoms with E-state index in [2.05, 4.69) is 5.32 Å². The number of aryl methyl sites for hydroxylation is 1. The fourth-order valence-electron chi connectivity index (χ4n) is 1.43. The van der Waals surface area contributed by atoms with Gasteiger partial charge in [-0.3, -0.25) is 10.2 Å². The lowest BCUT2D eigenvalue weighted by Gasteiger charge is -2.09. The van der Waals surface area contributed by atoms with Crippen molar-refractivity contribution < 1.29 is 4.79 Å². The Hall–Kier alpha value is -2.10. The Bertz CT molecular complexity index is 486. The molecule has 0 radical (unpaired) electrons. The summed E-state index contributed by atoms with van der Waals surface area (Å²) in [4.78, 5) is 11.8. The molecule has 0 atom stereocenters. The molecule has 0 aliphatic rings. The summed E-state index contributed by atoms with van der Waals surface area (Å²) < 4.78 is 0. The molecule has 96 valence electrons. The topological polar surface area (TPSA) is 79.0 Å². The molecule has 0 aliphatic carbocycles. The summed E-state index contributed by atoms with van der Waals surface area (Å²) in [5.41, 5.74) is 8.54. The highest BCUT2D eigenvalue weighted by Crippen LogP contribution is 2.10. The molecule has 1 aromatic carbocycles. The van der Waals surface area contributed by atoms with E-state index in [-0.39, 0.29) is 5.71 Å². The maximum absolute atomic E-state index is 11.8. The molecule has 0 fully saturated rings. The third-order valence-corrected chi connectivity index (χ3v) is 2.77. The van der Waals surface area contributed by atoms with E-state index in [1.165, 1.54) is 0 Å². The molecule has 0 aromatic heterocycles. The number of hydrogen-bond donors (Lipinski definition) is 3. The summed E-state index contributed by atoms with van der Waals surface area (Å²) in [5, 5.41) is 10.5. The molecule has 4 N–H and O–H groups in total. The fourth-order valence-corrected chi connectivity index (χ4v) is 1.43. The quantitative estimate of drug-likeness (QED) is 0.713. The van der Waals surface area contributed by atoms with Crippen molar-refractivity contribution in [2.45, 2.75) is 27.2 Å². The molecule has 4 heteroatoms. The molecule has 0 saturated carbocycles. The molecule has 0 spiro atoms. The maximum Gasteiger partial charge on any atom is 0.273 e. The minimum absolute atomic E-state index is 0.0880.